The third-order valence-corrected chi connectivity index (χ3v) is 11.1. The van der Waals surface area contributed by atoms with Gasteiger partial charge in [-0.3, -0.25) is 19.3 Å². The molecule has 2 aromatic carbocycles. The van der Waals surface area contributed by atoms with Gasteiger partial charge in [-0.25, -0.2) is 22.3 Å². The van der Waals surface area contributed by atoms with Crippen LogP contribution in [0, 0.1) is 11.7 Å². The molecular formula is C33H40FN5O7S. The van der Waals surface area contributed by atoms with Gasteiger partial charge in [0.1, 0.15) is 28.4 Å². The SMILES string of the molecule is CC(=O)N1C[C@H](OC(=O)N2Cc3cccc(F)c3C2)C[C@H]1C(=O)N[C@]12C[C@H]1CCCCCCCNc1ccccc1S(=O)(=O)NC2=O. The Morgan fingerprint density at radius 3 is 2.57 bits per heavy atom. The lowest BCUT2D eigenvalue weighted by atomic mass is 10.0. The lowest BCUT2D eigenvalue weighted by molar-refractivity contribution is -0.138. The maximum Gasteiger partial charge on any atom is 0.410 e. The molecule has 0 spiro atoms. The maximum absolute atomic E-state index is 14.2. The highest BCUT2D eigenvalue weighted by Crippen LogP contribution is 2.48. The Kier molecular flexibility index (Phi) is 9.14. The number of para-hydroxylation sites is 1. The van der Waals surface area contributed by atoms with Crippen molar-refractivity contribution in [1.82, 2.24) is 19.8 Å². The lowest BCUT2D eigenvalue weighted by Crippen LogP contribution is -2.56. The van der Waals surface area contributed by atoms with E-state index in [1.165, 1.54) is 28.9 Å². The first-order chi connectivity index (χ1) is 22.5. The molecule has 6 rings (SSSR count). The van der Waals surface area contributed by atoms with Crippen molar-refractivity contribution in [3.8, 4) is 0 Å². The third-order valence-electron chi connectivity index (χ3n) is 9.73. The highest BCUT2D eigenvalue weighted by molar-refractivity contribution is 7.90. The second kappa shape index (κ2) is 13.1. The van der Waals surface area contributed by atoms with Crippen LogP contribution < -0.4 is 15.4 Å². The number of nitrogens with one attached hydrogen (secondary N) is 3. The van der Waals surface area contributed by atoms with Gasteiger partial charge in [0, 0.05) is 32.0 Å². The van der Waals surface area contributed by atoms with Crippen LogP contribution in [-0.4, -0.2) is 72.8 Å². The fourth-order valence-electron chi connectivity index (χ4n) is 7.06. The zero-order valence-corrected chi connectivity index (χ0v) is 27.1. The summed E-state index contributed by atoms with van der Waals surface area (Å²) in [6.07, 6.45) is 3.99. The molecule has 0 radical (unpaired) electrons. The average molecular weight is 670 g/mol. The summed E-state index contributed by atoms with van der Waals surface area (Å²) in [6.45, 7) is 2.10. The van der Waals surface area contributed by atoms with Gasteiger partial charge >= 0.3 is 6.09 Å². The number of amides is 4. The quantitative estimate of drug-likeness (QED) is 0.450. The van der Waals surface area contributed by atoms with E-state index >= 15 is 0 Å². The highest BCUT2D eigenvalue weighted by Gasteiger charge is 2.62. The number of fused-ring (bicyclic) bond motifs is 3. The van der Waals surface area contributed by atoms with Gasteiger partial charge in [-0.05, 0) is 48.9 Å². The largest absolute Gasteiger partial charge is 0.444 e. The number of nitrogens with zero attached hydrogens (tertiary/aromatic N) is 2. The van der Waals surface area contributed by atoms with Gasteiger partial charge in [-0.15, -0.1) is 0 Å². The molecule has 2 fully saturated rings. The van der Waals surface area contributed by atoms with Gasteiger partial charge in [0.15, 0.2) is 0 Å². The van der Waals surface area contributed by atoms with Gasteiger partial charge in [0.2, 0.25) is 11.8 Å². The molecule has 3 aliphatic heterocycles. The van der Waals surface area contributed by atoms with Crippen LogP contribution in [0.15, 0.2) is 47.4 Å². The number of carbonyl (C=O) groups is 4. The van der Waals surface area contributed by atoms with E-state index in [1.807, 2.05) is 0 Å². The zero-order chi connectivity index (χ0) is 33.3. The van der Waals surface area contributed by atoms with Gasteiger partial charge in [-0.1, -0.05) is 49.9 Å². The minimum absolute atomic E-state index is 0.00792. The fourth-order valence-corrected chi connectivity index (χ4v) is 8.28. The third kappa shape index (κ3) is 6.78. The normalized spacial score (nSPS) is 27.1. The van der Waals surface area contributed by atoms with E-state index in [-0.39, 0.29) is 43.3 Å². The molecule has 12 nitrogen and oxygen atoms in total. The van der Waals surface area contributed by atoms with Crippen LogP contribution in [0.25, 0.3) is 0 Å². The number of hydrogen-bond acceptors (Lipinski definition) is 8. The number of likely N-dealkylation sites (tertiary alicyclic amines) is 1. The Bertz CT molecular complexity index is 1690. The van der Waals surface area contributed by atoms with Gasteiger partial charge in [0.05, 0.1) is 18.8 Å². The van der Waals surface area contributed by atoms with Crippen LogP contribution in [0.4, 0.5) is 14.9 Å². The number of hydrogen-bond donors (Lipinski definition) is 3. The molecule has 3 N–H and O–H groups in total. The molecule has 3 heterocycles. The predicted molar refractivity (Wildman–Crippen MR) is 169 cm³/mol. The van der Waals surface area contributed by atoms with Crippen LogP contribution in [0.1, 0.15) is 69.4 Å². The minimum Gasteiger partial charge on any atom is -0.444 e. The monoisotopic (exact) mass is 669 g/mol. The second-order valence-corrected chi connectivity index (χ2v) is 14.6. The number of carbonyl (C=O) groups excluding carboxylic acids is 4. The van der Waals surface area contributed by atoms with Crippen molar-refractivity contribution < 1.29 is 36.7 Å². The molecule has 4 aliphatic rings. The van der Waals surface area contributed by atoms with Crippen molar-refractivity contribution in [2.75, 3.05) is 18.4 Å². The summed E-state index contributed by atoms with van der Waals surface area (Å²) in [4.78, 5) is 55.8. The molecule has 1 saturated heterocycles. The van der Waals surface area contributed by atoms with Crippen molar-refractivity contribution in [2.24, 2.45) is 5.92 Å². The summed E-state index contributed by atoms with van der Waals surface area (Å²) < 4.78 is 49.1. The summed E-state index contributed by atoms with van der Waals surface area (Å²) in [6, 6.07) is 9.98. The predicted octanol–water partition coefficient (Wildman–Crippen LogP) is 3.41. The number of halogens is 1. The van der Waals surface area contributed by atoms with Crippen LogP contribution in [-0.2, 0) is 42.2 Å². The molecule has 252 valence electrons. The van der Waals surface area contributed by atoms with E-state index in [9.17, 15) is 32.0 Å². The first-order valence-electron chi connectivity index (χ1n) is 16.2. The molecule has 1 saturated carbocycles. The number of benzene rings is 2. The first kappa shape index (κ1) is 32.7. The standard InChI is InChI=1S/C33H40FN5O7S/c1-21(40)39-19-24(46-32(43)38-18-22-10-9-12-26(34)25(22)20-38)16-28(39)30(41)36-33-17-23(33)11-5-3-2-4-8-15-35-27-13-6-7-14-29(27)47(44,45)37-31(33)42/h6-7,9-10,12-14,23-24,28,35H,2-5,8,11,15-20H2,1H3,(H,36,41)(H,37,42)/t23-,24-,28+,33-/m1/s1. The van der Waals surface area contributed by atoms with E-state index in [2.05, 4.69) is 15.4 Å². The minimum atomic E-state index is -4.29. The van der Waals surface area contributed by atoms with E-state index < -0.39 is 57.3 Å². The Labute approximate surface area is 273 Å². The molecule has 4 atom stereocenters. The van der Waals surface area contributed by atoms with Crippen LogP contribution in [0.3, 0.4) is 0 Å². The molecule has 1 aliphatic carbocycles. The maximum atomic E-state index is 14.2. The summed E-state index contributed by atoms with van der Waals surface area (Å²) in [5, 5.41) is 6.00. The Morgan fingerprint density at radius 2 is 1.79 bits per heavy atom. The number of sulfonamides is 1. The number of ether oxygens (including phenoxy) is 1. The summed E-state index contributed by atoms with van der Waals surface area (Å²) in [5.41, 5.74) is 0.0401. The van der Waals surface area contributed by atoms with Crippen LogP contribution >= 0.6 is 0 Å². The molecule has 14 heteroatoms. The van der Waals surface area contributed by atoms with E-state index in [0.717, 1.165) is 32.1 Å². The van der Waals surface area contributed by atoms with Crippen LogP contribution in [0.2, 0.25) is 0 Å². The fraction of sp³-hybridized carbons (Fsp3) is 0.515. The van der Waals surface area contributed by atoms with E-state index in [4.69, 9.17) is 4.74 Å². The zero-order valence-electron chi connectivity index (χ0n) is 26.3. The van der Waals surface area contributed by atoms with Crippen molar-refractivity contribution in [1.29, 1.82) is 0 Å². The average Bonchev–Trinajstić information content (AvgIpc) is 3.34. The highest BCUT2D eigenvalue weighted by atomic mass is 32.2. The molecule has 0 unspecified atom stereocenters. The lowest BCUT2D eigenvalue weighted by Gasteiger charge is -2.26. The van der Waals surface area contributed by atoms with Gasteiger partial charge < -0.3 is 20.3 Å². The van der Waals surface area contributed by atoms with Crippen LogP contribution in [0.5, 0.6) is 0 Å². The number of anilines is 1. The van der Waals surface area contributed by atoms with E-state index in [1.54, 1.807) is 30.3 Å². The number of rotatable bonds is 3. The van der Waals surface area contributed by atoms with Crippen molar-refractivity contribution in [3.63, 3.8) is 0 Å². The van der Waals surface area contributed by atoms with Crippen molar-refractivity contribution in [3.05, 3.63) is 59.4 Å². The van der Waals surface area contributed by atoms with Gasteiger partial charge in [-0.2, -0.15) is 0 Å². The topological polar surface area (TPSA) is 154 Å². The Balaban J connectivity index is 1.16. The Hall–Kier alpha value is -4.20. The van der Waals surface area contributed by atoms with Crippen molar-refractivity contribution >= 4 is 39.5 Å². The molecular weight excluding hydrogens is 629 g/mol. The first-order valence-corrected chi connectivity index (χ1v) is 17.7. The molecule has 0 bridgehead atoms. The molecule has 2 aromatic rings. The Morgan fingerprint density at radius 1 is 1.02 bits per heavy atom. The summed E-state index contributed by atoms with van der Waals surface area (Å²) >= 11 is 0. The van der Waals surface area contributed by atoms with Crippen molar-refractivity contribution in [2.45, 2.75) is 94.0 Å². The molecule has 4 amide bonds. The molecule has 0 aromatic heterocycles. The molecule has 47 heavy (non-hydrogen) atoms. The summed E-state index contributed by atoms with van der Waals surface area (Å²) in [5.74, 6) is -2.54. The van der Waals surface area contributed by atoms with Gasteiger partial charge in [0.25, 0.3) is 15.9 Å². The van der Waals surface area contributed by atoms with E-state index in [0.29, 0.717) is 29.8 Å². The smallest absolute Gasteiger partial charge is 0.410 e. The summed E-state index contributed by atoms with van der Waals surface area (Å²) in [7, 11) is -4.29. The second-order valence-electron chi connectivity index (χ2n) is 12.9.